The van der Waals surface area contributed by atoms with Crippen LogP contribution in [-0.2, 0) is 15.1 Å². The Morgan fingerprint density at radius 3 is 2.68 bits per heavy atom. The summed E-state index contributed by atoms with van der Waals surface area (Å²) in [6.45, 7) is 5.93. The van der Waals surface area contributed by atoms with Gasteiger partial charge in [-0.15, -0.1) is 0 Å². The van der Waals surface area contributed by atoms with Gasteiger partial charge in [-0.3, -0.25) is 4.79 Å². The van der Waals surface area contributed by atoms with Gasteiger partial charge in [-0.25, -0.2) is 0 Å². The third-order valence-corrected chi connectivity index (χ3v) is 3.91. The summed E-state index contributed by atoms with van der Waals surface area (Å²) in [5.41, 5.74) is -0.411. The number of carbonyl (C=O) groups is 1. The summed E-state index contributed by atoms with van der Waals surface area (Å²) in [5.74, 6) is 0.692. The van der Waals surface area contributed by atoms with Gasteiger partial charge in [0.2, 0.25) is 11.7 Å². The Morgan fingerprint density at radius 2 is 2.11 bits per heavy atom. The molecule has 1 fully saturated rings. The SMILES string of the molecule is CCOC1(c2noc(C(C)C(C)=O)n2)CCCCC1. The van der Waals surface area contributed by atoms with Gasteiger partial charge in [-0.05, 0) is 33.6 Å². The van der Waals surface area contributed by atoms with Crippen molar-refractivity contribution in [1.29, 1.82) is 0 Å². The van der Waals surface area contributed by atoms with E-state index in [1.807, 2.05) is 6.92 Å². The molecule has 5 heteroatoms. The van der Waals surface area contributed by atoms with E-state index in [2.05, 4.69) is 10.1 Å². The molecular weight excluding hydrogens is 244 g/mol. The average Bonchev–Trinajstić information content (AvgIpc) is 2.89. The molecule has 1 saturated carbocycles. The number of Topliss-reactive ketones (excluding diaryl/α,β-unsaturated/α-hetero) is 1. The highest BCUT2D eigenvalue weighted by Crippen LogP contribution is 2.39. The molecule has 2 rings (SSSR count). The monoisotopic (exact) mass is 266 g/mol. The molecular formula is C14H22N2O3. The van der Waals surface area contributed by atoms with Gasteiger partial charge in [0.15, 0.2) is 0 Å². The minimum absolute atomic E-state index is 0.0318. The smallest absolute Gasteiger partial charge is 0.237 e. The zero-order valence-electron chi connectivity index (χ0n) is 11.9. The molecule has 5 nitrogen and oxygen atoms in total. The molecule has 1 heterocycles. The van der Waals surface area contributed by atoms with Crippen molar-refractivity contribution < 1.29 is 14.1 Å². The third kappa shape index (κ3) is 2.86. The highest BCUT2D eigenvalue weighted by Gasteiger charge is 2.39. The molecule has 0 aromatic carbocycles. The van der Waals surface area contributed by atoms with Crippen LogP contribution in [0.2, 0.25) is 0 Å². The van der Waals surface area contributed by atoms with Gasteiger partial charge in [-0.1, -0.05) is 24.4 Å². The Morgan fingerprint density at radius 1 is 1.42 bits per heavy atom. The maximum absolute atomic E-state index is 11.4. The summed E-state index contributed by atoms with van der Waals surface area (Å²) in [5, 5.41) is 4.07. The Hall–Kier alpha value is -1.23. The van der Waals surface area contributed by atoms with Crippen LogP contribution in [0.15, 0.2) is 4.52 Å². The number of ketones is 1. The first kappa shape index (κ1) is 14.2. The predicted octanol–water partition coefficient (Wildman–Crippen LogP) is 2.96. The molecule has 106 valence electrons. The lowest BCUT2D eigenvalue weighted by Crippen LogP contribution is -2.33. The Balaban J connectivity index is 2.25. The van der Waals surface area contributed by atoms with Gasteiger partial charge in [0.25, 0.3) is 0 Å². The van der Waals surface area contributed by atoms with E-state index in [0.717, 1.165) is 25.7 Å². The van der Waals surface area contributed by atoms with Crippen LogP contribution in [0, 0.1) is 0 Å². The molecule has 0 amide bonds. The molecule has 1 aromatic heterocycles. The molecule has 0 saturated heterocycles. The minimum atomic E-state index is -0.411. The molecule has 1 aliphatic carbocycles. The molecule has 1 unspecified atom stereocenters. The lowest BCUT2D eigenvalue weighted by molar-refractivity contribution is -0.118. The largest absolute Gasteiger partial charge is 0.367 e. The van der Waals surface area contributed by atoms with E-state index < -0.39 is 5.60 Å². The number of hydrogen-bond acceptors (Lipinski definition) is 5. The average molecular weight is 266 g/mol. The summed E-state index contributed by atoms with van der Waals surface area (Å²) in [6.07, 6.45) is 5.31. The Labute approximate surface area is 113 Å². The highest BCUT2D eigenvalue weighted by atomic mass is 16.5. The minimum Gasteiger partial charge on any atom is -0.367 e. The van der Waals surface area contributed by atoms with E-state index in [1.54, 1.807) is 6.92 Å². The number of carbonyl (C=O) groups excluding carboxylic acids is 1. The van der Waals surface area contributed by atoms with Gasteiger partial charge in [0.1, 0.15) is 11.4 Å². The van der Waals surface area contributed by atoms with E-state index >= 15 is 0 Å². The fourth-order valence-electron chi connectivity index (χ4n) is 2.60. The van der Waals surface area contributed by atoms with Crippen LogP contribution in [0.4, 0.5) is 0 Å². The number of nitrogens with zero attached hydrogens (tertiary/aromatic N) is 2. The standard InChI is InChI=1S/C14H22N2O3/c1-4-18-14(8-6-5-7-9-14)13-15-12(19-16-13)10(2)11(3)17/h10H,4-9H2,1-3H3. The van der Waals surface area contributed by atoms with E-state index in [-0.39, 0.29) is 11.7 Å². The van der Waals surface area contributed by atoms with Gasteiger partial charge in [-0.2, -0.15) is 4.98 Å². The second kappa shape index (κ2) is 5.82. The van der Waals surface area contributed by atoms with Crippen molar-refractivity contribution in [3.63, 3.8) is 0 Å². The number of aromatic nitrogens is 2. The molecule has 1 atom stereocenters. The van der Waals surface area contributed by atoms with Crippen LogP contribution < -0.4 is 0 Å². The highest BCUT2D eigenvalue weighted by molar-refractivity contribution is 5.81. The number of ether oxygens (including phenoxy) is 1. The summed E-state index contributed by atoms with van der Waals surface area (Å²) >= 11 is 0. The lowest BCUT2D eigenvalue weighted by atomic mass is 9.84. The maximum Gasteiger partial charge on any atom is 0.237 e. The van der Waals surface area contributed by atoms with Gasteiger partial charge < -0.3 is 9.26 Å². The normalized spacial score (nSPS) is 20.2. The molecule has 1 aliphatic rings. The molecule has 0 N–H and O–H groups in total. The van der Waals surface area contributed by atoms with Gasteiger partial charge >= 0.3 is 0 Å². The first-order chi connectivity index (χ1) is 9.09. The maximum atomic E-state index is 11.4. The summed E-state index contributed by atoms with van der Waals surface area (Å²) in [4.78, 5) is 15.8. The topological polar surface area (TPSA) is 65.2 Å². The van der Waals surface area contributed by atoms with E-state index in [4.69, 9.17) is 9.26 Å². The van der Waals surface area contributed by atoms with Crippen LogP contribution >= 0.6 is 0 Å². The summed E-state index contributed by atoms with van der Waals surface area (Å²) in [6, 6.07) is 0. The zero-order valence-corrected chi connectivity index (χ0v) is 11.9. The first-order valence-electron chi connectivity index (χ1n) is 7.07. The fourth-order valence-corrected chi connectivity index (χ4v) is 2.60. The molecule has 0 radical (unpaired) electrons. The number of rotatable bonds is 5. The van der Waals surface area contributed by atoms with Gasteiger partial charge in [0.05, 0.1) is 5.92 Å². The van der Waals surface area contributed by atoms with Crippen molar-refractivity contribution in [2.45, 2.75) is 64.4 Å². The second-order valence-corrected chi connectivity index (χ2v) is 5.28. The Bertz CT molecular complexity index is 430. The zero-order chi connectivity index (χ0) is 13.9. The molecule has 0 bridgehead atoms. The molecule has 0 spiro atoms. The van der Waals surface area contributed by atoms with Gasteiger partial charge in [0, 0.05) is 6.61 Å². The van der Waals surface area contributed by atoms with Crippen LogP contribution in [0.5, 0.6) is 0 Å². The van der Waals surface area contributed by atoms with Crippen molar-refractivity contribution in [2.24, 2.45) is 0 Å². The molecule has 0 aliphatic heterocycles. The van der Waals surface area contributed by atoms with E-state index in [9.17, 15) is 4.79 Å². The number of hydrogen-bond donors (Lipinski definition) is 0. The molecule has 1 aromatic rings. The van der Waals surface area contributed by atoms with Crippen LogP contribution in [0.1, 0.15) is 70.5 Å². The van der Waals surface area contributed by atoms with Crippen molar-refractivity contribution in [2.75, 3.05) is 6.61 Å². The first-order valence-corrected chi connectivity index (χ1v) is 7.07. The summed E-state index contributed by atoms with van der Waals surface area (Å²) in [7, 11) is 0. The van der Waals surface area contributed by atoms with Crippen molar-refractivity contribution in [1.82, 2.24) is 10.1 Å². The van der Waals surface area contributed by atoms with Crippen LogP contribution in [0.3, 0.4) is 0 Å². The lowest BCUT2D eigenvalue weighted by Gasteiger charge is -2.33. The third-order valence-electron chi connectivity index (χ3n) is 3.91. The van der Waals surface area contributed by atoms with Crippen molar-refractivity contribution in [3.05, 3.63) is 11.7 Å². The van der Waals surface area contributed by atoms with E-state index in [1.165, 1.54) is 13.3 Å². The van der Waals surface area contributed by atoms with Crippen molar-refractivity contribution >= 4 is 5.78 Å². The van der Waals surface area contributed by atoms with Crippen molar-refractivity contribution in [3.8, 4) is 0 Å². The second-order valence-electron chi connectivity index (χ2n) is 5.28. The quantitative estimate of drug-likeness (QED) is 0.819. The Kier molecular flexibility index (Phi) is 4.34. The van der Waals surface area contributed by atoms with E-state index in [0.29, 0.717) is 18.3 Å². The van der Waals surface area contributed by atoms with Crippen LogP contribution in [0.25, 0.3) is 0 Å². The molecule has 19 heavy (non-hydrogen) atoms. The predicted molar refractivity (Wildman–Crippen MR) is 69.8 cm³/mol. The van der Waals surface area contributed by atoms with Crippen LogP contribution in [-0.4, -0.2) is 22.5 Å². The summed E-state index contributed by atoms with van der Waals surface area (Å²) < 4.78 is 11.2. The fraction of sp³-hybridized carbons (Fsp3) is 0.786.